The fourth-order valence-corrected chi connectivity index (χ4v) is 5.59. The first-order valence-corrected chi connectivity index (χ1v) is 10.9. The van der Waals surface area contributed by atoms with Crippen LogP contribution in [0.2, 0.25) is 0 Å². The number of ether oxygens (including phenoxy) is 3. The van der Waals surface area contributed by atoms with Crippen LogP contribution in [-0.2, 0) is 24.3 Å². The number of carbonyl (C=O) groups is 1. The third-order valence-corrected chi connectivity index (χ3v) is 6.77. The Morgan fingerprint density at radius 2 is 1.82 bits per heavy atom. The highest BCUT2D eigenvalue weighted by Gasteiger charge is 2.37. The second kappa shape index (κ2) is 8.80. The molecule has 0 radical (unpaired) electrons. The fraction of sp³-hybridized carbons (Fsp3) is 0.650. The topological polar surface area (TPSA) is 82.1 Å². The number of benzene rings is 1. The zero-order valence-corrected chi connectivity index (χ0v) is 18.4. The summed E-state index contributed by atoms with van der Waals surface area (Å²) in [4.78, 5) is 12.1. The first-order chi connectivity index (χ1) is 13.0. The maximum absolute atomic E-state index is 13.3. The van der Waals surface area contributed by atoms with Gasteiger partial charge >= 0.3 is 5.97 Å². The maximum atomic E-state index is 13.3. The molecular weight excluding hydrogens is 382 g/mol. The lowest BCUT2D eigenvalue weighted by atomic mass is 10.1. The molecule has 0 unspecified atom stereocenters. The van der Waals surface area contributed by atoms with Gasteiger partial charge in [0.05, 0.1) is 18.6 Å². The highest BCUT2D eigenvalue weighted by Crippen LogP contribution is 2.32. The van der Waals surface area contributed by atoms with E-state index in [2.05, 4.69) is 0 Å². The summed E-state index contributed by atoms with van der Waals surface area (Å²) in [5, 5.41) is 0. The van der Waals surface area contributed by atoms with E-state index in [4.69, 9.17) is 14.2 Å². The quantitative estimate of drug-likeness (QED) is 0.640. The average Bonchev–Trinajstić information content (AvgIpc) is 3.01. The number of rotatable bonds is 7. The number of aryl methyl sites for hydroxylation is 2. The Morgan fingerprint density at radius 1 is 1.21 bits per heavy atom. The van der Waals surface area contributed by atoms with Gasteiger partial charge in [-0.15, -0.1) is 0 Å². The van der Waals surface area contributed by atoms with Gasteiger partial charge in [-0.2, -0.15) is 4.31 Å². The molecule has 1 atom stereocenters. The molecule has 0 aromatic heterocycles. The van der Waals surface area contributed by atoms with E-state index in [0.717, 1.165) is 6.42 Å². The molecule has 0 bridgehead atoms. The Hall–Kier alpha value is -1.64. The number of sulfonamides is 1. The lowest BCUT2D eigenvalue weighted by molar-refractivity contribution is -0.160. The third-order valence-electron chi connectivity index (χ3n) is 4.51. The van der Waals surface area contributed by atoms with Gasteiger partial charge in [0.25, 0.3) is 0 Å². The Bertz CT molecular complexity index is 789. The van der Waals surface area contributed by atoms with Crippen molar-refractivity contribution in [3.8, 4) is 5.75 Å². The van der Waals surface area contributed by atoms with Gasteiger partial charge in [0.2, 0.25) is 10.0 Å². The van der Waals surface area contributed by atoms with Crippen molar-refractivity contribution < 1.29 is 27.4 Å². The van der Waals surface area contributed by atoms with E-state index in [1.807, 2.05) is 0 Å². The summed E-state index contributed by atoms with van der Waals surface area (Å²) in [6, 6.07) is 3.15. The standard InChI is InChI=1S/C20H31NO6S/c1-14-10-17(25-6)11-15(2)19(14)28(23,24)21-9-7-8-16(21)12-26-13-18(22)27-20(3,4)5/h10-11,16H,7-9,12-13H2,1-6H3/t16-/m0/s1. The van der Waals surface area contributed by atoms with Crippen molar-refractivity contribution >= 4 is 16.0 Å². The van der Waals surface area contributed by atoms with Crippen LogP contribution >= 0.6 is 0 Å². The summed E-state index contributed by atoms with van der Waals surface area (Å²) in [5.41, 5.74) is 0.724. The van der Waals surface area contributed by atoms with Gasteiger partial charge < -0.3 is 14.2 Å². The predicted octanol–water partition coefficient (Wildman–Crippen LogP) is 2.82. The lowest BCUT2D eigenvalue weighted by Crippen LogP contribution is -2.39. The zero-order valence-electron chi connectivity index (χ0n) is 17.6. The molecule has 1 aromatic carbocycles. The Kier molecular flexibility index (Phi) is 7.12. The summed E-state index contributed by atoms with van der Waals surface area (Å²) in [7, 11) is -2.12. The van der Waals surface area contributed by atoms with Gasteiger partial charge in [-0.3, -0.25) is 0 Å². The molecule has 0 N–H and O–H groups in total. The molecule has 158 valence electrons. The number of methoxy groups -OCH3 is 1. The number of hydrogen-bond donors (Lipinski definition) is 0. The van der Waals surface area contributed by atoms with E-state index in [-0.39, 0.29) is 19.3 Å². The summed E-state index contributed by atoms with van der Waals surface area (Å²) < 4.78 is 44.0. The van der Waals surface area contributed by atoms with Crippen molar-refractivity contribution in [2.75, 3.05) is 26.9 Å². The number of hydrogen-bond acceptors (Lipinski definition) is 6. The van der Waals surface area contributed by atoms with Crippen molar-refractivity contribution in [2.45, 2.75) is 64.0 Å². The Morgan fingerprint density at radius 3 is 2.36 bits per heavy atom. The predicted molar refractivity (Wildman–Crippen MR) is 106 cm³/mol. The van der Waals surface area contributed by atoms with Crippen molar-refractivity contribution in [3.05, 3.63) is 23.3 Å². The molecule has 0 amide bonds. The molecule has 1 aliphatic heterocycles. The molecular formula is C20H31NO6S. The summed E-state index contributed by atoms with van der Waals surface area (Å²) >= 11 is 0. The smallest absolute Gasteiger partial charge is 0.332 e. The van der Waals surface area contributed by atoms with Crippen LogP contribution < -0.4 is 4.74 Å². The number of esters is 1. The van der Waals surface area contributed by atoms with E-state index < -0.39 is 21.6 Å². The van der Waals surface area contributed by atoms with Crippen LogP contribution in [0.25, 0.3) is 0 Å². The SMILES string of the molecule is COc1cc(C)c(S(=O)(=O)N2CCC[C@H]2COCC(=O)OC(C)(C)C)c(C)c1. The first-order valence-electron chi connectivity index (χ1n) is 9.42. The molecule has 2 rings (SSSR count). The molecule has 28 heavy (non-hydrogen) atoms. The molecule has 1 aliphatic rings. The van der Waals surface area contributed by atoms with Gasteiger partial charge in [0.15, 0.2) is 0 Å². The molecule has 0 saturated carbocycles. The molecule has 1 aromatic rings. The van der Waals surface area contributed by atoms with Gasteiger partial charge in [-0.25, -0.2) is 13.2 Å². The second-order valence-corrected chi connectivity index (χ2v) is 9.93. The van der Waals surface area contributed by atoms with Crippen LogP contribution in [0.15, 0.2) is 17.0 Å². The molecule has 7 nitrogen and oxygen atoms in total. The molecule has 0 spiro atoms. The molecule has 8 heteroatoms. The van der Waals surface area contributed by atoms with E-state index in [0.29, 0.717) is 34.7 Å². The molecule has 1 saturated heterocycles. The minimum atomic E-state index is -3.67. The summed E-state index contributed by atoms with van der Waals surface area (Å²) in [6.07, 6.45) is 1.45. The van der Waals surface area contributed by atoms with Crippen LogP contribution in [0.3, 0.4) is 0 Å². The van der Waals surface area contributed by atoms with Crippen LogP contribution in [0, 0.1) is 13.8 Å². The molecule has 0 aliphatic carbocycles. The van der Waals surface area contributed by atoms with Crippen LogP contribution in [0.1, 0.15) is 44.7 Å². The minimum absolute atomic E-state index is 0.159. The number of nitrogens with zero attached hydrogens (tertiary/aromatic N) is 1. The minimum Gasteiger partial charge on any atom is -0.497 e. The van der Waals surface area contributed by atoms with Crippen LogP contribution in [-0.4, -0.2) is 57.2 Å². The summed E-state index contributed by atoms with van der Waals surface area (Å²) in [6.45, 7) is 9.31. The van der Waals surface area contributed by atoms with Gasteiger partial charge in [0.1, 0.15) is 18.0 Å². The van der Waals surface area contributed by atoms with Crippen LogP contribution in [0.4, 0.5) is 0 Å². The molecule has 1 heterocycles. The maximum Gasteiger partial charge on any atom is 0.332 e. The average molecular weight is 414 g/mol. The normalized spacial score (nSPS) is 18.3. The van der Waals surface area contributed by atoms with Crippen molar-refractivity contribution in [3.63, 3.8) is 0 Å². The summed E-state index contributed by atoms with van der Waals surface area (Å²) in [5.74, 6) is 0.175. The largest absolute Gasteiger partial charge is 0.497 e. The monoisotopic (exact) mass is 413 g/mol. The van der Waals surface area contributed by atoms with E-state index in [1.54, 1.807) is 53.9 Å². The first kappa shape index (κ1) is 22.6. The Labute approximate surface area is 168 Å². The van der Waals surface area contributed by atoms with Gasteiger partial charge in [0, 0.05) is 12.6 Å². The van der Waals surface area contributed by atoms with E-state index in [1.165, 1.54) is 4.31 Å². The van der Waals surface area contributed by atoms with E-state index in [9.17, 15) is 13.2 Å². The Balaban J connectivity index is 2.10. The third kappa shape index (κ3) is 5.46. The van der Waals surface area contributed by atoms with Crippen molar-refractivity contribution in [1.29, 1.82) is 0 Å². The highest BCUT2D eigenvalue weighted by atomic mass is 32.2. The van der Waals surface area contributed by atoms with Gasteiger partial charge in [-0.1, -0.05) is 0 Å². The van der Waals surface area contributed by atoms with Crippen LogP contribution in [0.5, 0.6) is 5.75 Å². The van der Waals surface area contributed by atoms with Crippen molar-refractivity contribution in [2.24, 2.45) is 0 Å². The highest BCUT2D eigenvalue weighted by molar-refractivity contribution is 7.89. The second-order valence-electron chi connectivity index (χ2n) is 8.10. The van der Waals surface area contributed by atoms with Gasteiger partial charge in [-0.05, 0) is 70.7 Å². The van der Waals surface area contributed by atoms with E-state index >= 15 is 0 Å². The molecule has 1 fully saturated rings. The number of carbonyl (C=O) groups excluding carboxylic acids is 1. The lowest BCUT2D eigenvalue weighted by Gasteiger charge is -2.26. The fourth-order valence-electron chi connectivity index (χ4n) is 3.49. The zero-order chi connectivity index (χ0) is 21.1. The van der Waals surface area contributed by atoms with Crippen molar-refractivity contribution in [1.82, 2.24) is 4.31 Å².